The van der Waals surface area contributed by atoms with Crippen LogP contribution in [0.15, 0.2) is 12.3 Å². The summed E-state index contributed by atoms with van der Waals surface area (Å²) in [6.07, 6.45) is 3.25. The maximum absolute atomic E-state index is 11.0. The van der Waals surface area contributed by atoms with Crippen molar-refractivity contribution < 1.29 is 14.5 Å². The van der Waals surface area contributed by atoms with Gasteiger partial charge in [-0.15, -0.1) is 0 Å². The van der Waals surface area contributed by atoms with E-state index in [1.54, 1.807) is 0 Å². The Balaban J connectivity index is 2.34. The molecule has 1 aromatic heterocycles. The van der Waals surface area contributed by atoms with Gasteiger partial charge in [-0.2, -0.15) is 0 Å². The Morgan fingerprint density at radius 1 is 1.62 bits per heavy atom. The Bertz CT molecular complexity index is 456. The van der Waals surface area contributed by atoms with Crippen LogP contribution < -0.4 is 10.5 Å². The number of carbonyl (C=O) groups excluding carboxylic acids is 1. The standard InChI is InChI=1S/C9H9N3O4/c10-8(13)7-3-6(16-5-1-2-5)4-11-9(7)12(14)15/h3-5H,1-2H2,(H2,10,13). The molecule has 1 amide bonds. The van der Waals surface area contributed by atoms with E-state index in [1.807, 2.05) is 0 Å². The topological polar surface area (TPSA) is 108 Å². The van der Waals surface area contributed by atoms with Gasteiger partial charge in [0.25, 0.3) is 5.91 Å². The first-order chi connectivity index (χ1) is 7.58. The number of nitrogens with zero attached hydrogens (tertiary/aromatic N) is 2. The number of hydrogen-bond donors (Lipinski definition) is 1. The van der Waals surface area contributed by atoms with Gasteiger partial charge in [0.2, 0.25) is 0 Å². The lowest BCUT2D eigenvalue weighted by Gasteiger charge is -2.03. The molecule has 0 unspecified atom stereocenters. The summed E-state index contributed by atoms with van der Waals surface area (Å²) in [5.41, 5.74) is 4.80. The molecule has 1 aromatic rings. The number of ether oxygens (including phenoxy) is 1. The second kappa shape index (κ2) is 3.76. The molecule has 1 heterocycles. The second-order valence-electron chi connectivity index (χ2n) is 3.48. The summed E-state index contributed by atoms with van der Waals surface area (Å²) in [4.78, 5) is 24.4. The van der Waals surface area contributed by atoms with Crippen molar-refractivity contribution in [2.24, 2.45) is 5.73 Å². The van der Waals surface area contributed by atoms with E-state index in [9.17, 15) is 14.9 Å². The van der Waals surface area contributed by atoms with Gasteiger partial charge in [-0.05, 0) is 22.7 Å². The molecule has 0 radical (unpaired) electrons. The molecule has 0 saturated heterocycles. The fourth-order valence-electron chi connectivity index (χ4n) is 1.21. The van der Waals surface area contributed by atoms with Gasteiger partial charge in [-0.25, -0.2) is 0 Å². The molecule has 1 saturated carbocycles. The van der Waals surface area contributed by atoms with Gasteiger partial charge in [0.1, 0.15) is 5.56 Å². The number of amides is 1. The quantitative estimate of drug-likeness (QED) is 0.594. The molecular weight excluding hydrogens is 214 g/mol. The molecular formula is C9H9N3O4. The summed E-state index contributed by atoms with van der Waals surface area (Å²) >= 11 is 0. The molecule has 1 fully saturated rings. The maximum atomic E-state index is 11.0. The van der Waals surface area contributed by atoms with Crippen molar-refractivity contribution in [3.63, 3.8) is 0 Å². The van der Waals surface area contributed by atoms with Crippen LogP contribution in [0.1, 0.15) is 23.2 Å². The van der Waals surface area contributed by atoms with Crippen molar-refractivity contribution >= 4 is 11.7 Å². The molecule has 1 aliphatic carbocycles. The Labute approximate surface area is 90.4 Å². The van der Waals surface area contributed by atoms with Crippen molar-refractivity contribution in [1.29, 1.82) is 0 Å². The van der Waals surface area contributed by atoms with Crippen LogP contribution in [0.5, 0.6) is 5.75 Å². The highest BCUT2D eigenvalue weighted by Gasteiger charge is 2.26. The minimum atomic E-state index is -0.888. The minimum absolute atomic E-state index is 0.129. The van der Waals surface area contributed by atoms with Crippen LogP contribution in [0.25, 0.3) is 0 Å². The number of carbonyl (C=O) groups is 1. The lowest BCUT2D eigenvalue weighted by Crippen LogP contribution is -2.14. The highest BCUT2D eigenvalue weighted by Crippen LogP contribution is 2.28. The summed E-state index contributed by atoms with van der Waals surface area (Å²) in [5, 5.41) is 10.6. The maximum Gasteiger partial charge on any atom is 0.376 e. The average Bonchev–Trinajstić information content (AvgIpc) is 3.01. The van der Waals surface area contributed by atoms with E-state index in [1.165, 1.54) is 12.3 Å². The summed E-state index contributed by atoms with van der Waals surface area (Å²) < 4.78 is 5.36. The molecule has 7 heteroatoms. The van der Waals surface area contributed by atoms with Crippen LogP contribution in [-0.2, 0) is 0 Å². The minimum Gasteiger partial charge on any atom is -0.486 e. The summed E-state index contributed by atoms with van der Waals surface area (Å²) in [5.74, 6) is -1.10. The number of aromatic nitrogens is 1. The van der Waals surface area contributed by atoms with Crippen LogP contribution >= 0.6 is 0 Å². The zero-order valence-electron chi connectivity index (χ0n) is 8.25. The van der Waals surface area contributed by atoms with Gasteiger partial charge in [0, 0.05) is 6.07 Å². The van der Waals surface area contributed by atoms with Gasteiger partial charge in [0.05, 0.1) is 6.10 Å². The molecule has 2 rings (SSSR count). The zero-order chi connectivity index (χ0) is 11.7. The summed E-state index contributed by atoms with van der Waals surface area (Å²) in [6, 6.07) is 1.26. The van der Waals surface area contributed by atoms with Crippen molar-refractivity contribution in [2.75, 3.05) is 0 Å². The monoisotopic (exact) mass is 223 g/mol. The predicted octanol–water partition coefficient (Wildman–Crippen LogP) is 0.630. The van der Waals surface area contributed by atoms with Crippen LogP contribution in [-0.4, -0.2) is 21.9 Å². The molecule has 0 spiro atoms. The second-order valence-corrected chi connectivity index (χ2v) is 3.48. The van der Waals surface area contributed by atoms with Crippen molar-refractivity contribution in [2.45, 2.75) is 18.9 Å². The third-order valence-corrected chi connectivity index (χ3v) is 2.11. The van der Waals surface area contributed by atoms with Gasteiger partial charge >= 0.3 is 5.82 Å². The molecule has 16 heavy (non-hydrogen) atoms. The SMILES string of the molecule is NC(=O)c1cc(OC2CC2)cnc1[N+](=O)[O-]. The highest BCUT2D eigenvalue weighted by atomic mass is 16.6. The van der Waals surface area contributed by atoms with Crippen molar-refractivity contribution in [3.05, 3.63) is 27.9 Å². The molecule has 0 atom stereocenters. The van der Waals surface area contributed by atoms with E-state index in [0.29, 0.717) is 5.75 Å². The van der Waals surface area contributed by atoms with Crippen molar-refractivity contribution in [1.82, 2.24) is 4.98 Å². The number of pyridine rings is 1. The first kappa shape index (κ1) is 10.3. The summed E-state index contributed by atoms with van der Waals surface area (Å²) in [6.45, 7) is 0. The Kier molecular flexibility index (Phi) is 2.43. The summed E-state index contributed by atoms with van der Waals surface area (Å²) in [7, 11) is 0. The fourth-order valence-corrected chi connectivity index (χ4v) is 1.21. The lowest BCUT2D eigenvalue weighted by atomic mass is 10.2. The van der Waals surface area contributed by atoms with E-state index < -0.39 is 16.6 Å². The molecule has 1 aliphatic rings. The number of nitro groups is 1. The average molecular weight is 223 g/mol. The zero-order valence-corrected chi connectivity index (χ0v) is 8.25. The number of nitrogens with two attached hydrogens (primary N) is 1. The van der Waals surface area contributed by atoms with Crippen LogP contribution in [0.3, 0.4) is 0 Å². The number of rotatable bonds is 4. The normalized spacial score (nSPS) is 14.5. The smallest absolute Gasteiger partial charge is 0.376 e. The van der Waals surface area contributed by atoms with Crippen molar-refractivity contribution in [3.8, 4) is 5.75 Å². The number of primary amides is 1. The van der Waals surface area contributed by atoms with E-state index in [0.717, 1.165) is 12.8 Å². The molecule has 0 aliphatic heterocycles. The molecule has 2 N–H and O–H groups in total. The Hall–Kier alpha value is -2.18. The molecule has 0 aromatic carbocycles. The van der Waals surface area contributed by atoms with Gasteiger partial charge in [-0.1, -0.05) is 0 Å². The van der Waals surface area contributed by atoms with Crippen LogP contribution in [0.4, 0.5) is 5.82 Å². The van der Waals surface area contributed by atoms with Gasteiger partial charge in [-0.3, -0.25) is 4.79 Å². The van der Waals surface area contributed by atoms with Crippen LogP contribution in [0.2, 0.25) is 0 Å². The van der Waals surface area contributed by atoms with E-state index >= 15 is 0 Å². The Morgan fingerprint density at radius 2 is 2.31 bits per heavy atom. The van der Waals surface area contributed by atoms with Crippen LogP contribution in [0, 0.1) is 10.1 Å². The van der Waals surface area contributed by atoms with Gasteiger partial charge in [0.15, 0.2) is 11.9 Å². The van der Waals surface area contributed by atoms with E-state index in [2.05, 4.69) is 4.98 Å². The fraction of sp³-hybridized carbons (Fsp3) is 0.333. The number of hydrogen-bond acceptors (Lipinski definition) is 5. The first-order valence-electron chi connectivity index (χ1n) is 4.69. The highest BCUT2D eigenvalue weighted by molar-refractivity contribution is 5.96. The third-order valence-electron chi connectivity index (χ3n) is 2.11. The van der Waals surface area contributed by atoms with Gasteiger partial charge < -0.3 is 20.6 Å². The molecule has 84 valence electrons. The Morgan fingerprint density at radius 3 is 2.81 bits per heavy atom. The molecule has 0 bridgehead atoms. The first-order valence-corrected chi connectivity index (χ1v) is 4.69. The predicted molar refractivity (Wildman–Crippen MR) is 53.1 cm³/mol. The largest absolute Gasteiger partial charge is 0.486 e. The molecule has 7 nitrogen and oxygen atoms in total. The lowest BCUT2D eigenvalue weighted by molar-refractivity contribution is -0.389. The van der Waals surface area contributed by atoms with E-state index in [4.69, 9.17) is 10.5 Å². The van der Waals surface area contributed by atoms with E-state index in [-0.39, 0.29) is 11.7 Å². The third kappa shape index (κ3) is 2.08.